The molecule has 0 aromatic carbocycles. The Morgan fingerprint density at radius 3 is 2.67 bits per heavy atom. The maximum absolute atomic E-state index is 5.72. The maximum atomic E-state index is 5.72. The lowest BCUT2D eigenvalue weighted by atomic mass is 10.4. The van der Waals surface area contributed by atoms with Crippen LogP contribution < -0.4 is 0 Å². The third kappa shape index (κ3) is 1.63. The van der Waals surface area contributed by atoms with Gasteiger partial charge < -0.3 is 4.90 Å². The van der Waals surface area contributed by atoms with Crippen LogP contribution in [0.3, 0.4) is 0 Å². The summed E-state index contributed by atoms with van der Waals surface area (Å²) in [4.78, 5) is 1.91. The van der Waals surface area contributed by atoms with Crippen LogP contribution in [-0.4, -0.2) is 18.5 Å². The Morgan fingerprint density at radius 2 is 2.22 bits per heavy atom. The average Bonchev–Trinajstić information content (AvgIpc) is 1.80. The van der Waals surface area contributed by atoms with E-state index in [4.69, 9.17) is 23.2 Å². The van der Waals surface area contributed by atoms with E-state index in [-0.39, 0.29) is 0 Å². The Kier molecular flexibility index (Phi) is 2.04. The first kappa shape index (κ1) is 6.97. The van der Waals surface area contributed by atoms with Crippen LogP contribution in [-0.2, 0) is 0 Å². The fraction of sp³-hybridized carbons (Fsp3) is 0.333. The number of likely N-dealkylation sites (N-methyl/N-ethyl adjacent to an activating group) is 1. The molecule has 0 radical (unpaired) electrons. The summed E-state index contributed by atoms with van der Waals surface area (Å²) in [5.74, 6) is 0. The van der Waals surface area contributed by atoms with Crippen LogP contribution in [0.4, 0.5) is 0 Å². The zero-order valence-corrected chi connectivity index (χ0v) is 6.58. The molecular weight excluding hydrogens is 157 g/mol. The Labute approximate surface area is 64.5 Å². The lowest BCUT2D eigenvalue weighted by Gasteiger charge is -2.18. The predicted molar refractivity (Wildman–Crippen MR) is 40.5 cm³/mol. The van der Waals surface area contributed by atoms with E-state index >= 15 is 0 Å². The first-order valence-corrected chi connectivity index (χ1v) is 3.40. The van der Waals surface area contributed by atoms with Crippen molar-refractivity contribution in [2.75, 3.05) is 13.6 Å². The summed E-state index contributed by atoms with van der Waals surface area (Å²) in [6.45, 7) is 0.800. The molecule has 1 aliphatic rings. The monoisotopic (exact) mass is 163 g/mol. The number of nitrogens with zero attached hydrogens (tertiary/aromatic N) is 1. The summed E-state index contributed by atoms with van der Waals surface area (Å²) in [6.07, 6.45) is 3.64. The molecule has 0 saturated carbocycles. The largest absolute Gasteiger partial charge is 0.362 e. The fourth-order valence-corrected chi connectivity index (χ4v) is 1.01. The van der Waals surface area contributed by atoms with E-state index in [0.29, 0.717) is 5.16 Å². The van der Waals surface area contributed by atoms with Crippen molar-refractivity contribution in [1.29, 1.82) is 0 Å². The van der Waals surface area contributed by atoms with E-state index in [1.165, 1.54) is 0 Å². The molecule has 0 saturated heterocycles. The van der Waals surface area contributed by atoms with Gasteiger partial charge in [-0.2, -0.15) is 0 Å². The second-order valence-corrected chi connectivity index (χ2v) is 2.76. The summed E-state index contributed by atoms with van der Waals surface area (Å²) < 4.78 is 0. The molecule has 1 rings (SSSR count). The van der Waals surface area contributed by atoms with Crippen LogP contribution in [0.25, 0.3) is 0 Å². The Balaban J connectivity index is 2.74. The van der Waals surface area contributed by atoms with Crippen molar-refractivity contribution < 1.29 is 0 Å². The highest BCUT2D eigenvalue weighted by Gasteiger charge is 2.04. The van der Waals surface area contributed by atoms with E-state index in [2.05, 4.69) is 0 Å². The van der Waals surface area contributed by atoms with Gasteiger partial charge in [0.05, 0.1) is 0 Å². The fourth-order valence-electron chi connectivity index (χ4n) is 0.594. The molecule has 0 fully saturated rings. The van der Waals surface area contributed by atoms with Gasteiger partial charge in [-0.15, -0.1) is 0 Å². The van der Waals surface area contributed by atoms with Crippen molar-refractivity contribution in [2.24, 2.45) is 0 Å². The smallest absolute Gasteiger partial charge is 0.106 e. The van der Waals surface area contributed by atoms with Crippen molar-refractivity contribution in [3.05, 3.63) is 22.3 Å². The minimum Gasteiger partial charge on any atom is -0.362 e. The number of rotatable bonds is 0. The molecule has 0 unspecified atom stereocenters. The maximum Gasteiger partial charge on any atom is 0.106 e. The summed E-state index contributed by atoms with van der Waals surface area (Å²) in [7, 11) is 1.92. The number of halogens is 2. The van der Waals surface area contributed by atoms with Gasteiger partial charge in [0.25, 0.3) is 0 Å². The standard InChI is InChI=1S/C6H7Cl2N/c1-9-3-2-5(7)4-6(9)8/h2,4H,3H2,1H3. The van der Waals surface area contributed by atoms with Crippen molar-refractivity contribution in [3.8, 4) is 0 Å². The van der Waals surface area contributed by atoms with Crippen LogP contribution in [0, 0.1) is 0 Å². The van der Waals surface area contributed by atoms with Crippen molar-refractivity contribution in [3.63, 3.8) is 0 Å². The van der Waals surface area contributed by atoms with E-state index in [1.54, 1.807) is 6.08 Å². The van der Waals surface area contributed by atoms with Gasteiger partial charge in [0.2, 0.25) is 0 Å². The van der Waals surface area contributed by atoms with Crippen LogP contribution in [0.2, 0.25) is 0 Å². The van der Waals surface area contributed by atoms with E-state index in [0.717, 1.165) is 11.6 Å². The second-order valence-electron chi connectivity index (χ2n) is 1.94. The molecule has 0 amide bonds. The van der Waals surface area contributed by atoms with E-state index in [1.807, 2.05) is 18.0 Å². The van der Waals surface area contributed by atoms with Crippen LogP contribution in [0.1, 0.15) is 0 Å². The first-order valence-electron chi connectivity index (χ1n) is 2.64. The molecule has 0 atom stereocenters. The normalized spacial score (nSPS) is 19.2. The molecule has 0 bridgehead atoms. The molecule has 0 aromatic rings. The highest BCUT2D eigenvalue weighted by molar-refractivity contribution is 6.34. The third-order valence-electron chi connectivity index (χ3n) is 1.18. The topological polar surface area (TPSA) is 3.24 Å². The lowest BCUT2D eigenvalue weighted by Crippen LogP contribution is -2.16. The summed E-state index contributed by atoms with van der Waals surface area (Å²) in [6, 6.07) is 0. The Bertz CT molecular complexity index is 172. The second kappa shape index (κ2) is 2.63. The molecular formula is C6H7Cl2N. The van der Waals surface area contributed by atoms with Gasteiger partial charge in [-0.3, -0.25) is 0 Å². The quantitative estimate of drug-likeness (QED) is 0.495. The van der Waals surface area contributed by atoms with Crippen LogP contribution >= 0.6 is 23.2 Å². The third-order valence-corrected chi connectivity index (χ3v) is 1.84. The lowest BCUT2D eigenvalue weighted by molar-refractivity contribution is 0.489. The predicted octanol–water partition coefficient (Wildman–Crippen LogP) is 2.13. The molecule has 0 aromatic heterocycles. The van der Waals surface area contributed by atoms with Crippen LogP contribution in [0.5, 0.6) is 0 Å². The Morgan fingerprint density at radius 1 is 1.56 bits per heavy atom. The molecule has 0 N–H and O–H groups in total. The molecule has 1 aliphatic heterocycles. The van der Waals surface area contributed by atoms with Crippen molar-refractivity contribution in [2.45, 2.75) is 0 Å². The van der Waals surface area contributed by atoms with Gasteiger partial charge in [-0.1, -0.05) is 23.2 Å². The van der Waals surface area contributed by atoms with Gasteiger partial charge in [0, 0.05) is 18.6 Å². The number of hydrogen-bond acceptors (Lipinski definition) is 1. The number of allylic oxidation sites excluding steroid dienone is 2. The number of hydrogen-bond donors (Lipinski definition) is 0. The zero-order chi connectivity index (χ0) is 6.85. The van der Waals surface area contributed by atoms with Crippen molar-refractivity contribution in [1.82, 2.24) is 4.90 Å². The molecule has 1 nitrogen and oxygen atoms in total. The molecule has 1 heterocycles. The van der Waals surface area contributed by atoms with Crippen LogP contribution in [0.15, 0.2) is 22.3 Å². The molecule has 50 valence electrons. The summed E-state index contributed by atoms with van der Waals surface area (Å²) in [5, 5.41) is 1.42. The van der Waals surface area contributed by atoms with Gasteiger partial charge in [0.15, 0.2) is 0 Å². The summed E-state index contributed by atoms with van der Waals surface area (Å²) >= 11 is 11.4. The highest BCUT2D eigenvalue weighted by atomic mass is 35.5. The molecule has 9 heavy (non-hydrogen) atoms. The van der Waals surface area contributed by atoms with Gasteiger partial charge in [0.1, 0.15) is 5.16 Å². The molecule has 0 aliphatic carbocycles. The summed E-state index contributed by atoms with van der Waals surface area (Å²) in [5.41, 5.74) is 0. The van der Waals surface area contributed by atoms with Crippen molar-refractivity contribution >= 4 is 23.2 Å². The average molecular weight is 164 g/mol. The van der Waals surface area contributed by atoms with Gasteiger partial charge in [-0.25, -0.2) is 0 Å². The SMILES string of the molecule is CN1CC=C(Cl)C=C1Cl. The first-order chi connectivity index (χ1) is 4.20. The minimum atomic E-state index is 0.697. The molecule has 3 heteroatoms. The minimum absolute atomic E-state index is 0.697. The zero-order valence-electron chi connectivity index (χ0n) is 5.06. The van der Waals surface area contributed by atoms with Gasteiger partial charge >= 0.3 is 0 Å². The highest BCUT2D eigenvalue weighted by Crippen LogP contribution is 2.18. The van der Waals surface area contributed by atoms with E-state index in [9.17, 15) is 0 Å². The molecule has 0 spiro atoms. The Hall–Kier alpha value is -0.140. The van der Waals surface area contributed by atoms with Gasteiger partial charge in [-0.05, 0) is 12.2 Å². The van der Waals surface area contributed by atoms with E-state index < -0.39 is 0 Å².